The molecule has 126 valence electrons. The molecular weight excluding hydrogens is 328 g/mol. The van der Waals surface area contributed by atoms with Crippen LogP contribution in [0.4, 0.5) is 11.4 Å². The topological polar surface area (TPSA) is 67.4 Å². The average Bonchev–Trinajstić information content (AvgIpc) is 2.53. The van der Waals surface area contributed by atoms with Crippen molar-refractivity contribution in [2.24, 2.45) is 0 Å². The monoisotopic (exact) mass is 346 g/mol. The quantitative estimate of drug-likeness (QED) is 0.808. The normalized spacial score (nSPS) is 10.2. The molecule has 0 unspecified atom stereocenters. The van der Waals surface area contributed by atoms with E-state index in [-0.39, 0.29) is 12.5 Å². The molecule has 0 fully saturated rings. The molecular formula is C18H19ClN2O3. The molecule has 0 saturated heterocycles. The molecule has 2 aromatic rings. The van der Waals surface area contributed by atoms with Crippen LogP contribution in [0.2, 0.25) is 5.02 Å². The smallest absolute Gasteiger partial charge is 0.337 e. The Labute approximate surface area is 146 Å². The predicted octanol–water partition coefficient (Wildman–Crippen LogP) is 3.79. The number of methoxy groups -OCH3 is 1. The third-order valence-corrected chi connectivity index (χ3v) is 3.72. The highest BCUT2D eigenvalue weighted by atomic mass is 35.5. The van der Waals surface area contributed by atoms with Gasteiger partial charge in [-0.25, -0.2) is 4.79 Å². The van der Waals surface area contributed by atoms with E-state index >= 15 is 0 Å². The van der Waals surface area contributed by atoms with Crippen LogP contribution in [0.1, 0.15) is 21.5 Å². The third kappa shape index (κ3) is 4.49. The molecule has 0 aliphatic heterocycles. The van der Waals surface area contributed by atoms with Crippen molar-refractivity contribution in [3.63, 3.8) is 0 Å². The molecule has 0 atom stereocenters. The number of carbonyl (C=O) groups excluding carboxylic acids is 2. The van der Waals surface area contributed by atoms with Crippen LogP contribution in [0.15, 0.2) is 36.4 Å². The number of esters is 1. The number of anilines is 2. The molecule has 2 N–H and O–H groups in total. The Morgan fingerprint density at radius 2 is 1.92 bits per heavy atom. The molecule has 2 aromatic carbocycles. The number of amides is 1. The highest BCUT2D eigenvalue weighted by Gasteiger charge is 2.10. The maximum atomic E-state index is 12.1. The highest BCUT2D eigenvalue weighted by Crippen LogP contribution is 2.27. The standard InChI is InChI=1S/C18H19ClN2O3/c1-11-7-12(2)17(15(19)8-11)20-10-16(22)21-14-6-4-5-13(9-14)18(23)24-3/h4-9,20H,10H2,1-3H3,(H,21,22). The molecule has 5 nitrogen and oxygen atoms in total. The van der Waals surface area contributed by atoms with Gasteiger partial charge in [0.25, 0.3) is 0 Å². The molecule has 2 rings (SSSR count). The van der Waals surface area contributed by atoms with E-state index in [1.807, 2.05) is 26.0 Å². The minimum absolute atomic E-state index is 0.0616. The van der Waals surface area contributed by atoms with Crippen molar-refractivity contribution in [1.29, 1.82) is 0 Å². The second-order valence-corrected chi connectivity index (χ2v) is 5.82. The van der Waals surface area contributed by atoms with Crippen molar-refractivity contribution in [3.8, 4) is 0 Å². The summed E-state index contributed by atoms with van der Waals surface area (Å²) in [6.45, 7) is 3.95. The molecule has 0 bridgehead atoms. The van der Waals surface area contributed by atoms with Crippen LogP contribution in [-0.4, -0.2) is 25.5 Å². The molecule has 0 spiro atoms. The first kappa shape index (κ1) is 17.8. The van der Waals surface area contributed by atoms with Crippen molar-refractivity contribution >= 4 is 34.9 Å². The van der Waals surface area contributed by atoms with Crippen molar-refractivity contribution in [2.75, 3.05) is 24.3 Å². The number of ether oxygens (including phenoxy) is 1. The van der Waals surface area contributed by atoms with Gasteiger partial charge < -0.3 is 15.4 Å². The van der Waals surface area contributed by atoms with Crippen LogP contribution in [0, 0.1) is 13.8 Å². The molecule has 0 radical (unpaired) electrons. The summed E-state index contributed by atoms with van der Waals surface area (Å²) < 4.78 is 4.66. The van der Waals surface area contributed by atoms with Crippen molar-refractivity contribution in [2.45, 2.75) is 13.8 Å². The van der Waals surface area contributed by atoms with Crippen LogP contribution in [0.5, 0.6) is 0 Å². The van der Waals surface area contributed by atoms with Gasteiger partial charge in [0.2, 0.25) is 5.91 Å². The lowest BCUT2D eigenvalue weighted by atomic mass is 10.1. The lowest BCUT2D eigenvalue weighted by molar-refractivity contribution is -0.114. The Morgan fingerprint density at radius 1 is 1.17 bits per heavy atom. The molecule has 0 aliphatic rings. The van der Waals surface area contributed by atoms with Crippen molar-refractivity contribution in [3.05, 3.63) is 58.1 Å². The van der Waals surface area contributed by atoms with E-state index < -0.39 is 5.97 Å². The summed E-state index contributed by atoms with van der Waals surface area (Å²) in [5.41, 5.74) is 3.67. The Hall–Kier alpha value is -2.53. The number of nitrogens with one attached hydrogen (secondary N) is 2. The Bertz CT molecular complexity index is 752. The first-order valence-electron chi connectivity index (χ1n) is 7.39. The highest BCUT2D eigenvalue weighted by molar-refractivity contribution is 6.33. The zero-order valence-electron chi connectivity index (χ0n) is 13.8. The summed E-state index contributed by atoms with van der Waals surface area (Å²) in [5, 5.41) is 6.35. The van der Waals surface area contributed by atoms with Crippen molar-refractivity contribution in [1.82, 2.24) is 0 Å². The Kier molecular flexibility index (Phi) is 5.82. The summed E-state index contributed by atoms with van der Waals surface area (Å²) in [5.74, 6) is -0.695. The lowest BCUT2D eigenvalue weighted by Gasteiger charge is -2.13. The van der Waals surface area contributed by atoms with Crippen LogP contribution in [-0.2, 0) is 9.53 Å². The first-order chi connectivity index (χ1) is 11.4. The minimum atomic E-state index is -0.453. The number of rotatable bonds is 5. The predicted molar refractivity (Wildman–Crippen MR) is 95.8 cm³/mol. The van der Waals surface area contributed by atoms with E-state index in [4.69, 9.17) is 11.6 Å². The zero-order chi connectivity index (χ0) is 17.7. The molecule has 1 amide bonds. The third-order valence-electron chi connectivity index (χ3n) is 3.42. The van der Waals surface area contributed by atoms with Gasteiger partial charge in [-0.1, -0.05) is 23.7 Å². The molecule has 24 heavy (non-hydrogen) atoms. The number of hydrogen-bond donors (Lipinski definition) is 2. The maximum absolute atomic E-state index is 12.1. The van der Waals surface area contributed by atoms with E-state index in [1.54, 1.807) is 24.3 Å². The van der Waals surface area contributed by atoms with Gasteiger partial charge in [-0.05, 0) is 49.2 Å². The van der Waals surface area contributed by atoms with Gasteiger partial charge in [0.05, 0.1) is 29.9 Å². The number of halogens is 1. The summed E-state index contributed by atoms with van der Waals surface area (Å²) >= 11 is 6.20. The fourth-order valence-corrected chi connectivity index (χ4v) is 2.74. The second-order valence-electron chi connectivity index (χ2n) is 5.41. The van der Waals surface area contributed by atoms with Gasteiger partial charge in [0.15, 0.2) is 0 Å². The zero-order valence-corrected chi connectivity index (χ0v) is 14.5. The Balaban J connectivity index is 2.01. The largest absolute Gasteiger partial charge is 0.465 e. The number of hydrogen-bond acceptors (Lipinski definition) is 4. The van der Waals surface area contributed by atoms with Gasteiger partial charge in [-0.15, -0.1) is 0 Å². The average molecular weight is 347 g/mol. The maximum Gasteiger partial charge on any atom is 0.337 e. The Morgan fingerprint density at radius 3 is 2.58 bits per heavy atom. The van der Waals surface area contributed by atoms with Gasteiger partial charge in [-0.2, -0.15) is 0 Å². The number of benzene rings is 2. The molecule has 0 heterocycles. The minimum Gasteiger partial charge on any atom is -0.465 e. The van der Waals surface area contributed by atoms with Crippen LogP contribution in [0.25, 0.3) is 0 Å². The fraction of sp³-hybridized carbons (Fsp3) is 0.222. The van der Waals surface area contributed by atoms with Gasteiger partial charge in [0.1, 0.15) is 0 Å². The second kappa shape index (κ2) is 7.84. The van der Waals surface area contributed by atoms with E-state index in [0.29, 0.717) is 16.3 Å². The van der Waals surface area contributed by atoms with Gasteiger partial charge in [-0.3, -0.25) is 4.79 Å². The van der Waals surface area contributed by atoms with Crippen molar-refractivity contribution < 1.29 is 14.3 Å². The summed E-state index contributed by atoms with van der Waals surface area (Å²) in [6.07, 6.45) is 0. The molecule has 0 saturated carbocycles. The number of aryl methyl sites for hydroxylation is 2. The molecule has 0 aliphatic carbocycles. The van der Waals surface area contributed by atoms with E-state index in [9.17, 15) is 9.59 Å². The van der Waals surface area contributed by atoms with E-state index in [0.717, 1.165) is 16.8 Å². The van der Waals surface area contributed by atoms with Gasteiger partial charge in [0, 0.05) is 5.69 Å². The summed E-state index contributed by atoms with van der Waals surface area (Å²) in [4.78, 5) is 23.6. The van der Waals surface area contributed by atoms with E-state index in [2.05, 4.69) is 15.4 Å². The molecule has 6 heteroatoms. The lowest BCUT2D eigenvalue weighted by Crippen LogP contribution is -2.22. The SMILES string of the molecule is COC(=O)c1cccc(NC(=O)CNc2c(C)cc(C)cc2Cl)c1. The molecule has 0 aromatic heterocycles. The van der Waals surface area contributed by atoms with Gasteiger partial charge >= 0.3 is 5.97 Å². The van der Waals surface area contributed by atoms with Crippen LogP contribution >= 0.6 is 11.6 Å². The number of carbonyl (C=O) groups is 2. The van der Waals surface area contributed by atoms with Crippen LogP contribution < -0.4 is 10.6 Å². The first-order valence-corrected chi connectivity index (χ1v) is 7.77. The van der Waals surface area contributed by atoms with Crippen LogP contribution in [0.3, 0.4) is 0 Å². The summed E-state index contributed by atoms with van der Waals surface area (Å²) in [7, 11) is 1.31. The van der Waals surface area contributed by atoms with E-state index in [1.165, 1.54) is 7.11 Å². The fourth-order valence-electron chi connectivity index (χ4n) is 2.36. The summed E-state index contributed by atoms with van der Waals surface area (Å²) in [6, 6.07) is 10.4.